The van der Waals surface area contributed by atoms with Crippen LogP contribution >= 0.6 is 0 Å². The van der Waals surface area contributed by atoms with Crippen LogP contribution in [0, 0.1) is 41.1 Å². The molecule has 3 atom stereocenters. The summed E-state index contributed by atoms with van der Waals surface area (Å²) >= 11 is 0. The zero-order chi connectivity index (χ0) is 79.6. The second kappa shape index (κ2) is 34.9. The van der Waals surface area contributed by atoms with Crippen molar-refractivity contribution in [2.45, 2.75) is 110 Å². The van der Waals surface area contributed by atoms with Gasteiger partial charge in [-0.25, -0.2) is 15.0 Å². The van der Waals surface area contributed by atoms with E-state index in [1.165, 1.54) is 27.4 Å². The van der Waals surface area contributed by atoms with Crippen molar-refractivity contribution >= 4 is 34.3 Å². The molecule has 12 aromatic rings. The van der Waals surface area contributed by atoms with Crippen molar-refractivity contribution in [1.29, 1.82) is 0 Å². The van der Waals surface area contributed by atoms with Gasteiger partial charge in [-0.05, 0) is 178 Å². The van der Waals surface area contributed by atoms with Crippen LogP contribution in [0.3, 0.4) is 0 Å². The van der Waals surface area contributed by atoms with E-state index >= 15 is 0 Å². The summed E-state index contributed by atoms with van der Waals surface area (Å²) in [7, 11) is 4.25. The van der Waals surface area contributed by atoms with Crippen LogP contribution in [0.4, 0.5) is 13.2 Å². The van der Waals surface area contributed by atoms with E-state index in [9.17, 15) is 27.6 Å². The Bertz CT molecular complexity index is 5640. The minimum atomic E-state index is -0.550. The van der Waals surface area contributed by atoms with Crippen molar-refractivity contribution in [1.82, 2.24) is 57.8 Å². The highest BCUT2D eigenvalue weighted by molar-refractivity contribution is 5.94. The fourth-order valence-corrected chi connectivity index (χ4v) is 14.6. The van der Waals surface area contributed by atoms with Crippen LogP contribution in [0.1, 0.15) is 138 Å². The summed E-state index contributed by atoms with van der Waals surface area (Å²) < 4.78 is 82.5. The third-order valence-corrected chi connectivity index (χ3v) is 20.2. The molecule has 0 unspecified atom stereocenters. The van der Waals surface area contributed by atoms with Crippen molar-refractivity contribution in [2.75, 3.05) is 60.6 Å². The third-order valence-electron chi connectivity index (χ3n) is 20.2. The number of fused-ring (bicyclic) bond motifs is 3. The van der Waals surface area contributed by atoms with Crippen LogP contribution in [-0.2, 0) is 20.8 Å². The molecule has 24 heteroatoms. The maximum absolute atomic E-state index is 14.6. The topological polar surface area (TPSA) is 207 Å². The first-order valence-corrected chi connectivity index (χ1v) is 37.6. The van der Waals surface area contributed by atoms with Crippen LogP contribution in [0.5, 0.6) is 51.7 Å². The average molecular weight is 1530 g/mol. The molecular formula is C89H87F3N12O9. The third kappa shape index (κ3) is 16.6. The molecule has 0 bridgehead atoms. The zero-order valence-electron chi connectivity index (χ0n) is 64.7. The highest BCUT2D eigenvalue weighted by Crippen LogP contribution is 2.42. The Kier molecular flexibility index (Phi) is 24.2. The normalized spacial score (nSPS) is 15.1. The average Bonchev–Trinajstić information content (AvgIpc) is 1.62. The van der Waals surface area contributed by atoms with Gasteiger partial charge in [0.1, 0.15) is 34.7 Å². The highest BCUT2D eigenvalue weighted by atomic mass is 19.1. The van der Waals surface area contributed by atoms with Gasteiger partial charge in [-0.15, -0.1) is 0 Å². The molecular weight excluding hydrogens is 1440 g/mol. The summed E-state index contributed by atoms with van der Waals surface area (Å²) in [5, 5.41) is 0. The number of aryl methyl sites for hydroxylation is 1. The predicted molar refractivity (Wildman–Crippen MR) is 425 cm³/mol. The van der Waals surface area contributed by atoms with E-state index in [4.69, 9.17) is 43.4 Å². The number of aromatic nitrogens is 9. The van der Waals surface area contributed by atoms with Gasteiger partial charge in [0.2, 0.25) is 23.4 Å². The molecule has 578 valence electrons. The van der Waals surface area contributed by atoms with Gasteiger partial charge in [0.05, 0.1) is 72.0 Å². The van der Waals surface area contributed by atoms with Gasteiger partial charge in [-0.2, -0.15) is 13.2 Å². The van der Waals surface area contributed by atoms with Gasteiger partial charge < -0.3 is 43.1 Å². The molecule has 21 nitrogen and oxygen atoms in total. The molecule has 6 aromatic heterocycles. The monoisotopic (exact) mass is 1520 g/mol. The van der Waals surface area contributed by atoms with Crippen molar-refractivity contribution in [3.8, 4) is 109 Å². The van der Waals surface area contributed by atoms with E-state index in [-0.39, 0.29) is 81.8 Å². The summed E-state index contributed by atoms with van der Waals surface area (Å²) in [6.07, 6.45) is 16.8. The number of likely N-dealkylation sites (tertiary alicyclic amines) is 3. The molecule has 3 saturated heterocycles. The molecule has 3 fully saturated rings. The van der Waals surface area contributed by atoms with Crippen LogP contribution in [0.15, 0.2) is 177 Å². The second-order valence-electron chi connectivity index (χ2n) is 28.1. The number of rotatable bonds is 20. The number of hydrogen-bond donors (Lipinski definition) is 0. The molecule has 3 amide bonds. The second-order valence-corrected chi connectivity index (χ2v) is 28.1. The lowest BCUT2D eigenvalue weighted by Gasteiger charge is -2.14. The van der Waals surface area contributed by atoms with Gasteiger partial charge in [-0.1, -0.05) is 77.7 Å². The highest BCUT2D eigenvalue weighted by Gasteiger charge is 2.35. The summed E-state index contributed by atoms with van der Waals surface area (Å²) in [5.74, 6) is 14.2. The Balaban J connectivity index is 0.000000148. The fourth-order valence-electron chi connectivity index (χ4n) is 14.6. The van der Waals surface area contributed by atoms with Crippen molar-refractivity contribution in [3.05, 3.63) is 229 Å². The Morgan fingerprint density at radius 2 is 0.805 bits per heavy atom. The number of hydrogen-bond acceptors (Lipinski definition) is 15. The molecule has 6 aromatic carbocycles. The molecule has 0 N–H and O–H groups in total. The SMILES string of the molecule is C=CC(=O)N1CC[C@@H](c2nc(-c3ccc(Oc4cccc(OC)c4F)cc3)c3c(C(C)C)nccn23)C1.CC#CC(=O)N1CC[C@@H](c2nc(-c3ccc(Oc4cccc(OC)c4F)cc3)c3c(C(C)C)nccn23)C1.CC#CC(=O)N1CC[C@@H](c2nc(-c3ccc(Oc4cccc(OC)c4F)cc3)c3c(CCC)nccn23)C1. The lowest BCUT2D eigenvalue weighted by molar-refractivity contribution is -0.125. The molecule has 3 aliphatic rings. The fraction of sp³-hybridized carbons (Fsp3) is 0.292. The van der Waals surface area contributed by atoms with Gasteiger partial charge in [-0.3, -0.25) is 42.5 Å². The first-order valence-electron chi connectivity index (χ1n) is 37.6. The van der Waals surface area contributed by atoms with Gasteiger partial charge >= 0.3 is 0 Å². The maximum atomic E-state index is 14.6. The number of methoxy groups -OCH3 is 3. The lowest BCUT2D eigenvalue weighted by Crippen LogP contribution is -2.27. The molecule has 9 heterocycles. The van der Waals surface area contributed by atoms with Crippen molar-refractivity contribution < 1.29 is 56.0 Å². The maximum Gasteiger partial charge on any atom is 0.298 e. The first-order chi connectivity index (χ1) is 54.8. The molecule has 0 radical (unpaired) electrons. The zero-order valence-corrected chi connectivity index (χ0v) is 64.7. The van der Waals surface area contributed by atoms with E-state index in [0.29, 0.717) is 56.5 Å². The van der Waals surface area contributed by atoms with Crippen LogP contribution < -0.4 is 28.4 Å². The van der Waals surface area contributed by atoms with Gasteiger partial charge in [0, 0.05) is 111 Å². The Labute approximate surface area is 654 Å². The lowest BCUT2D eigenvalue weighted by atomic mass is 10.0. The van der Waals surface area contributed by atoms with E-state index in [0.717, 1.165) is 117 Å². The molecule has 0 spiro atoms. The summed E-state index contributed by atoms with van der Waals surface area (Å²) in [6.45, 7) is 21.3. The van der Waals surface area contributed by atoms with E-state index in [2.05, 4.69) is 93.0 Å². The largest absolute Gasteiger partial charge is 0.494 e. The summed E-state index contributed by atoms with van der Waals surface area (Å²) in [4.78, 5) is 71.6. The summed E-state index contributed by atoms with van der Waals surface area (Å²) in [5.41, 5.74) is 10.9. The number of ether oxygens (including phenoxy) is 6. The molecule has 0 aliphatic carbocycles. The quantitative estimate of drug-likeness (QED) is 0.0514. The molecule has 3 aliphatic heterocycles. The number of benzene rings is 6. The van der Waals surface area contributed by atoms with Crippen molar-refractivity contribution in [2.24, 2.45) is 0 Å². The van der Waals surface area contributed by atoms with Crippen LogP contribution in [-0.4, -0.2) is 136 Å². The number of nitrogens with zero attached hydrogens (tertiary/aromatic N) is 12. The van der Waals surface area contributed by atoms with Crippen LogP contribution in [0.25, 0.3) is 50.3 Å². The number of imidazole rings is 3. The minimum Gasteiger partial charge on any atom is -0.494 e. The number of amides is 3. The predicted octanol–water partition coefficient (Wildman–Crippen LogP) is 17.4. The Morgan fingerprint density at radius 3 is 1.14 bits per heavy atom. The molecule has 0 saturated carbocycles. The number of carbonyl (C=O) groups is 3. The van der Waals surface area contributed by atoms with Gasteiger partial charge in [0.15, 0.2) is 34.5 Å². The molecule has 15 rings (SSSR count). The number of carbonyl (C=O) groups excluding carboxylic acids is 3. The Morgan fingerprint density at radius 1 is 0.478 bits per heavy atom. The molecule has 113 heavy (non-hydrogen) atoms. The first kappa shape index (κ1) is 78.2. The van der Waals surface area contributed by atoms with E-state index in [1.807, 2.05) is 66.1 Å². The van der Waals surface area contributed by atoms with Gasteiger partial charge in [0.25, 0.3) is 11.8 Å². The number of halogens is 3. The van der Waals surface area contributed by atoms with Crippen molar-refractivity contribution in [3.63, 3.8) is 0 Å². The smallest absolute Gasteiger partial charge is 0.298 e. The Hall–Kier alpha value is -13.0. The standard InChI is InChI=1S/2C30H29FN4O3.C29H29FN4O3/c1-5-7-25(36)34-16-14-21(18-34)30-33-28(29-27(19(2)3)32-15-17-35(29)30)20-10-12-22(13-11-20)38-24-9-6-8-23(37-4)26(24)31;1-4-7-23-29-28(20-11-13-22(14-12-20)38-25-10-6-9-24(37-3)27(25)31)33-30(35(29)18-16-32-23)21-15-17-34(19-21)26(36)8-5-2;1-5-24(35)33-15-13-20(17-33)29-32-27(28-26(18(2)3)31-14-16-34(28)29)19-9-11-21(12-10-19)37-23-8-6-7-22(36-4)25(23)30/h6,8-13,15,17,19,21H,14,16,18H2,1-4H3;6,9-14,16,18,21H,4,7,15,17,19H2,1-3H3;5-12,14,16,18,20H,1,13,15,17H2,2-4H3/t2*21-;20-/m111/s1. The van der Waals surface area contributed by atoms with E-state index in [1.54, 1.807) is 127 Å². The minimum absolute atomic E-state index is 0.0591. The summed E-state index contributed by atoms with van der Waals surface area (Å²) in [6, 6.07) is 36.6. The van der Waals surface area contributed by atoms with E-state index < -0.39 is 17.5 Å². The van der Waals surface area contributed by atoms with Crippen LogP contribution in [0.2, 0.25) is 0 Å².